The summed E-state index contributed by atoms with van der Waals surface area (Å²) in [6.07, 6.45) is 0.512. The lowest BCUT2D eigenvalue weighted by Crippen LogP contribution is -2.41. The summed E-state index contributed by atoms with van der Waals surface area (Å²) in [5.74, 6) is -1.14. The number of amides is 2. The number of imide groups is 1. The second-order valence-corrected chi connectivity index (χ2v) is 6.15. The van der Waals surface area contributed by atoms with Crippen LogP contribution in [0.1, 0.15) is 33.2 Å². The zero-order valence-corrected chi connectivity index (χ0v) is 13.8. The summed E-state index contributed by atoms with van der Waals surface area (Å²) >= 11 is 0. The molecule has 5 heteroatoms. The van der Waals surface area contributed by atoms with Crippen molar-refractivity contribution in [2.75, 3.05) is 0 Å². The third kappa shape index (κ3) is 2.63. The van der Waals surface area contributed by atoms with Crippen LogP contribution >= 0.6 is 0 Å². The summed E-state index contributed by atoms with van der Waals surface area (Å²) in [5.41, 5.74) is 3.70. The molecule has 2 aromatic carbocycles. The molecule has 124 valence electrons. The highest BCUT2D eigenvalue weighted by Gasteiger charge is 2.37. The van der Waals surface area contributed by atoms with Crippen molar-refractivity contribution in [1.82, 2.24) is 15.1 Å². The second kappa shape index (κ2) is 6.02. The number of nitrogens with zero attached hydrogens (tertiary/aromatic N) is 2. The standard InChI is InChI=1S/C20H17N3O2/c1-13-17-18(22-23(13)15-10-6-3-7-11-15)16(19(24)21-20(17)25)12-14-8-4-2-5-9-14/h2-11,16H,12H2,1H3,(H,21,24,25). The van der Waals surface area contributed by atoms with E-state index >= 15 is 0 Å². The van der Waals surface area contributed by atoms with Crippen molar-refractivity contribution >= 4 is 11.8 Å². The molecular formula is C20H17N3O2. The van der Waals surface area contributed by atoms with Gasteiger partial charge in [0, 0.05) is 0 Å². The van der Waals surface area contributed by atoms with Crippen LogP contribution in [0.5, 0.6) is 0 Å². The molecular weight excluding hydrogens is 314 g/mol. The van der Waals surface area contributed by atoms with Crippen molar-refractivity contribution in [3.8, 4) is 5.69 Å². The Kier molecular flexibility index (Phi) is 3.69. The smallest absolute Gasteiger partial charge is 0.261 e. The summed E-state index contributed by atoms with van der Waals surface area (Å²) in [6.45, 7) is 1.85. The number of rotatable bonds is 3. The van der Waals surface area contributed by atoms with Crippen molar-refractivity contribution in [2.45, 2.75) is 19.3 Å². The maximum absolute atomic E-state index is 12.4. The van der Waals surface area contributed by atoms with E-state index in [1.165, 1.54) is 0 Å². The summed E-state index contributed by atoms with van der Waals surface area (Å²) < 4.78 is 1.74. The highest BCUT2D eigenvalue weighted by Crippen LogP contribution is 2.30. The molecule has 1 N–H and O–H groups in total. The van der Waals surface area contributed by atoms with Crippen LogP contribution in [0.15, 0.2) is 60.7 Å². The van der Waals surface area contributed by atoms with Gasteiger partial charge in [-0.25, -0.2) is 4.68 Å². The molecule has 0 saturated heterocycles. The third-order valence-electron chi connectivity index (χ3n) is 4.54. The van der Waals surface area contributed by atoms with Crippen LogP contribution in [0, 0.1) is 6.92 Å². The summed E-state index contributed by atoms with van der Waals surface area (Å²) in [7, 11) is 0. The van der Waals surface area contributed by atoms with Crippen molar-refractivity contribution < 1.29 is 9.59 Å². The van der Waals surface area contributed by atoms with E-state index in [0.29, 0.717) is 17.7 Å². The molecule has 1 aliphatic rings. The fourth-order valence-electron chi connectivity index (χ4n) is 3.29. The second-order valence-electron chi connectivity index (χ2n) is 6.15. The fraction of sp³-hybridized carbons (Fsp3) is 0.150. The van der Waals surface area contributed by atoms with Crippen LogP contribution in [-0.2, 0) is 11.2 Å². The molecule has 0 spiro atoms. The van der Waals surface area contributed by atoms with E-state index < -0.39 is 5.92 Å². The Morgan fingerprint density at radius 3 is 2.32 bits per heavy atom. The molecule has 1 atom stereocenters. The first kappa shape index (κ1) is 15.3. The van der Waals surface area contributed by atoms with Gasteiger partial charge < -0.3 is 0 Å². The molecule has 1 aliphatic heterocycles. The topological polar surface area (TPSA) is 64.0 Å². The molecule has 2 amide bonds. The number of carbonyl (C=O) groups excluding carboxylic acids is 2. The first-order chi connectivity index (χ1) is 12.1. The first-order valence-electron chi connectivity index (χ1n) is 8.19. The minimum atomic E-state index is -0.473. The van der Waals surface area contributed by atoms with Gasteiger partial charge in [0.25, 0.3) is 5.91 Å². The van der Waals surface area contributed by atoms with Gasteiger partial charge in [-0.2, -0.15) is 5.10 Å². The van der Waals surface area contributed by atoms with Gasteiger partial charge in [-0.15, -0.1) is 0 Å². The lowest BCUT2D eigenvalue weighted by Gasteiger charge is -2.20. The molecule has 25 heavy (non-hydrogen) atoms. The number of hydrogen-bond acceptors (Lipinski definition) is 3. The molecule has 0 radical (unpaired) electrons. The van der Waals surface area contributed by atoms with Gasteiger partial charge in [0.15, 0.2) is 0 Å². The number of carbonyl (C=O) groups is 2. The number of para-hydroxylation sites is 1. The van der Waals surface area contributed by atoms with Crippen molar-refractivity contribution in [3.63, 3.8) is 0 Å². The minimum Gasteiger partial charge on any atom is -0.292 e. The van der Waals surface area contributed by atoms with E-state index in [1.54, 1.807) is 4.68 Å². The third-order valence-corrected chi connectivity index (χ3v) is 4.54. The highest BCUT2D eigenvalue weighted by atomic mass is 16.2. The molecule has 1 aromatic heterocycles. The Morgan fingerprint density at radius 1 is 1.00 bits per heavy atom. The summed E-state index contributed by atoms with van der Waals surface area (Å²) in [5, 5.41) is 7.11. The van der Waals surface area contributed by atoms with Gasteiger partial charge in [0.1, 0.15) is 0 Å². The first-order valence-corrected chi connectivity index (χ1v) is 8.19. The van der Waals surface area contributed by atoms with E-state index in [-0.39, 0.29) is 11.8 Å². The lowest BCUT2D eigenvalue weighted by molar-refractivity contribution is -0.122. The zero-order chi connectivity index (χ0) is 17.4. The molecule has 2 heterocycles. The van der Waals surface area contributed by atoms with Crippen LogP contribution in [0.3, 0.4) is 0 Å². The lowest BCUT2D eigenvalue weighted by atomic mass is 9.89. The van der Waals surface area contributed by atoms with E-state index in [1.807, 2.05) is 67.6 Å². The van der Waals surface area contributed by atoms with Crippen LogP contribution in [0.4, 0.5) is 0 Å². The van der Waals surface area contributed by atoms with Crippen LogP contribution in [0.2, 0.25) is 0 Å². The average molecular weight is 331 g/mol. The summed E-state index contributed by atoms with van der Waals surface area (Å²) in [6, 6.07) is 19.4. The van der Waals surface area contributed by atoms with E-state index in [4.69, 9.17) is 0 Å². The largest absolute Gasteiger partial charge is 0.292 e. The van der Waals surface area contributed by atoms with Gasteiger partial charge in [-0.1, -0.05) is 48.5 Å². The van der Waals surface area contributed by atoms with E-state index in [2.05, 4.69) is 10.4 Å². The predicted molar refractivity (Wildman–Crippen MR) is 93.7 cm³/mol. The molecule has 1 unspecified atom stereocenters. The number of benzene rings is 2. The Balaban J connectivity index is 1.81. The van der Waals surface area contributed by atoms with Crippen LogP contribution < -0.4 is 5.32 Å². The van der Waals surface area contributed by atoms with Gasteiger partial charge in [0.05, 0.1) is 28.6 Å². The predicted octanol–water partition coefficient (Wildman–Crippen LogP) is 2.78. The maximum atomic E-state index is 12.4. The van der Waals surface area contributed by atoms with Crippen molar-refractivity contribution in [2.24, 2.45) is 0 Å². The average Bonchev–Trinajstić information content (AvgIpc) is 2.98. The Hall–Kier alpha value is -3.21. The SMILES string of the molecule is Cc1c2c(nn1-c1ccccc1)C(Cc1ccccc1)C(=O)NC2=O. The van der Waals surface area contributed by atoms with Gasteiger partial charge >= 0.3 is 0 Å². The number of nitrogens with one attached hydrogen (secondary N) is 1. The Labute approximate surface area is 145 Å². The molecule has 4 rings (SSSR count). The number of fused-ring (bicyclic) bond motifs is 1. The molecule has 5 nitrogen and oxygen atoms in total. The number of aromatic nitrogens is 2. The molecule has 0 bridgehead atoms. The molecule has 3 aromatic rings. The Bertz CT molecular complexity index is 946. The van der Waals surface area contributed by atoms with Gasteiger partial charge in [-0.3, -0.25) is 14.9 Å². The summed E-state index contributed by atoms with van der Waals surface area (Å²) in [4.78, 5) is 24.8. The molecule has 0 aliphatic carbocycles. The zero-order valence-electron chi connectivity index (χ0n) is 13.8. The quantitative estimate of drug-likeness (QED) is 0.751. The number of hydrogen-bond donors (Lipinski definition) is 1. The Morgan fingerprint density at radius 2 is 1.64 bits per heavy atom. The van der Waals surface area contributed by atoms with Crippen molar-refractivity contribution in [1.29, 1.82) is 0 Å². The highest BCUT2D eigenvalue weighted by molar-refractivity contribution is 6.11. The van der Waals surface area contributed by atoms with Crippen LogP contribution in [-0.4, -0.2) is 21.6 Å². The normalized spacial score (nSPS) is 16.4. The van der Waals surface area contributed by atoms with Gasteiger partial charge in [-0.05, 0) is 31.0 Å². The molecule has 0 saturated carbocycles. The van der Waals surface area contributed by atoms with E-state index in [0.717, 1.165) is 16.9 Å². The fourth-order valence-corrected chi connectivity index (χ4v) is 3.29. The monoisotopic (exact) mass is 331 g/mol. The minimum absolute atomic E-state index is 0.293. The van der Waals surface area contributed by atoms with Gasteiger partial charge in [0.2, 0.25) is 5.91 Å². The molecule has 0 fully saturated rings. The van der Waals surface area contributed by atoms with Crippen molar-refractivity contribution in [3.05, 3.63) is 83.2 Å². The maximum Gasteiger partial charge on any atom is 0.261 e. The van der Waals surface area contributed by atoms with E-state index in [9.17, 15) is 9.59 Å². The van der Waals surface area contributed by atoms with Crippen LogP contribution in [0.25, 0.3) is 5.69 Å².